The van der Waals surface area contributed by atoms with Crippen molar-refractivity contribution < 1.29 is 17.5 Å². The van der Waals surface area contributed by atoms with Crippen molar-refractivity contribution in [1.82, 2.24) is 0 Å². The van der Waals surface area contributed by atoms with Crippen LogP contribution in [-0.2, 0) is 10.4 Å². The molecule has 4 nitrogen and oxygen atoms in total. The quantitative estimate of drug-likeness (QED) is 0.303. The molecule has 6 heavy (non-hydrogen) atoms. The minimum atomic E-state index is -5.17. The first kappa shape index (κ1) is 9.92. The molecule has 0 rings (SSSR count). The summed E-state index contributed by atoms with van der Waals surface area (Å²) in [5.74, 6) is 0. The summed E-state index contributed by atoms with van der Waals surface area (Å²) in [5, 5.41) is 0. The molecule has 0 fully saturated rings. The van der Waals surface area contributed by atoms with Crippen LogP contribution < -0.4 is 0 Å². The molecule has 0 unspecified atom stereocenters. The molecule has 6 heteroatoms. The molecule has 0 aromatic carbocycles. The van der Waals surface area contributed by atoms with E-state index in [9.17, 15) is 0 Å². The maximum atomic E-state index is 8.52. The van der Waals surface area contributed by atoms with Crippen LogP contribution in [0, 0.1) is 0 Å². The van der Waals surface area contributed by atoms with Gasteiger partial charge in [-0.2, -0.15) is 0 Å². The molecule has 0 saturated carbocycles. The molecule has 0 radical (unpaired) electrons. The Balaban J connectivity index is 0. The molecule has 0 spiro atoms. The predicted octanol–water partition coefficient (Wildman–Crippen LogP) is -1.72. The first-order valence-electron chi connectivity index (χ1n) is 0.667. The van der Waals surface area contributed by atoms with Crippen molar-refractivity contribution in [2.45, 2.75) is 0 Å². The van der Waals surface area contributed by atoms with Crippen molar-refractivity contribution in [3.63, 3.8) is 0 Å². The van der Waals surface area contributed by atoms with Gasteiger partial charge in [0.15, 0.2) is 0 Å². The summed E-state index contributed by atoms with van der Waals surface area (Å²) in [6.45, 7) is 0. The van der Waals surface area contributed by atoms with Gasteiger partial charge in [0.1, 0.15) is 0 Å². The second kappa shape index (κ2) is 2.88. The van der Waals surface area contributed by atoms with Crippen molar-refractivity contribution in [3.05, 3.63) is 0 Å². The minimum absolute atomic E-state index is 0. The Morgan fingerprint density at radius 3 is 1.17 bits per heavy atom. The molecule has 0 aromatic heterocycles. The fourth-order valence-corrected chi connectivity index (χ4v) is 0. The first-order valence-corrected chi connectivity index (χ1v) is 2.00. The van der Waals surface area contributed by atoms with E-state index in [0.29, 0.717) is 0 Å². The molecule has 0 aliphatic rings. The predicted molar refractivity (Wildman–Crippen MR) is 16.2 cm³/mol. The second-order valence-electron chi connectivity index (χ2n) is 0.408. The van der Waals surface area contributed by atoms with Crippen LogP contribution in [0.5, 0.6) is 0 Å². The van der Waals surface area contributed by atoms with Gasteiger partial charge in [0.05, 0.1) is 0 Å². The van der Waals surface area contributed by atoms with Crippen LogP contribution in [0.1, 0.15) is 0 Å². The van der Waals surface area contributed by atoms with E-state index in [-0.39, 0.29) is 27.3 Å². The molecule has 0 bridgehead atoms. The van der Waals surface area contributed by atoms with Crippen LogP contribution in [-0.4, -0.2) is 44.8 Å². The molecule has 0 atom stereocenters. The maximum absolute atomic E-state index is 8.52. The van der Waals surface area contributed by atoms with Gasteiger partial charge in [-0.15, -0.1) is 0 Å². The van der Waals surface area contributed by atoms with Gasteiger partial charge in [0, 0.05) is 10.4 Å². The Morgan fingerprint density at radius 2 is 1.17 bits per heavy atom. The van der Waals surface area contributed by atoms with E-state index in [2.05, 4.69) is 0 Å². The summed E-state index contributed by atoms with van der Waals surface area (Å²) in [7, 11) is -5.17. The third-order valence-electron chi connectivity index (χ3n) is 0. The van der Waals surface area contributed by atoms with Gasteiger partial charge in [0.25, 0.3) is 0 Å². The average molecular weight is 300 g/mol. The monoisotopic (exact) mass is 301 g/mol. The Labute approximate surface area is 55.3 Å². The van der Waals surface area contributed by atoms with Crippen molar-refractivity contribution in [3.8, 4) is 0 Å². The SMILES string of the molecule is O=S(=O)([O-])[O-].[Tl+3]. The van der Waals surface area contributed by atoms with E-state index in [0.717, 1.165) is 0 Å². The van der Waals surface area contributed by atoms with Gasteiger partial charge in [-0.25, -0.2) is 0 Å². The molecule has 0 aliphatic heterocycles. The first-order chi connectivity index (χ1) is 2.00. The minimum Gasteiger partial charge on any atom is -0.759 e. The van der Waals surface area contributed by atoms with Gasteiger partial charge in [-0.05, 0) is 0 Å². The largest absolute Gasteiger partial charge is 3.00 e. The van der Waals surface area contributed by atoms with Crippen molar-refractivity contribution in [2.75, 3.05) is 0 Å². The maximum Gasteiger partial charge on any atom is 3.00 e. The van der Waals surface area contributed by atoms with Gasteiger partial charge >= 0.3 is 27.3 Å². The Bertz CT molecular complexity index is 90.7. The smallest absolute Gasteiger partial charge is 0.759 e. The fraction of sp³-hybridized carbons (Fsp3) is 0. The van der Waals surface area contributed by atoms with E-state index in [1.165, 1.54) is 0 Å². The zero-order valence-electron chi connectivity index (χ0n) is 2.62. The summed E-state index contributed by atoms with van der Waals surface area (Å²) in [5.41, 5.74) is 0. The molecule has 0 heterocycles. The average Bonchev–Trinajstić information content (AvgIpc) is 0.722. The van der Waals surface area contributed by atoms with E-state index in [1.807, 2.05) is 0 Å². The molecule has 0 amide bonds. The Morgan fingerprint density at radius 1 is 1.17 bits per heavy atom. The van der Waals surface area contributed by atoms with Gasteiger partial charge in [-0.3, -0.25) is 8.42 Å². The molecular weight excluding hydrogens is 300 g/mol. The van der Waals surface area contributed by atoms with E-state index in [1.54, 1.807) is 0 Å². The van der Waals surface area contributed by atoms with Gasteiger partial charge in [0.2, 0.25) is 0 Å². The van der Waals surface area contributed by atoms with Crippen LogP contribution in [0.2, 0.25) is 0 Å². The number of hydrogen-bond acceptors (Lipinski definition) is 4. The standard InChI is InChI=1S/H2O4S.Tl/c1-5(2,3)4;/h(H2,1,2,3,4);/q;+3/p-2. The summed E-state index contributed by atoms with van der Waals surface area (Å²) >= 11 is 0. The topological polar surface area (TPSA) is 80.3 Å². The van der Waals surface area contributed by atoms with E-state index >= 15 is 0 Å². The summed E-state index contributed by atoms with van der Waals surface area (Å²) in [6, 6.07) is 0. The summed E-state index contributed by atoms with van der Waals surface area (Å²) < 4.78 is 34.1. The molecule has 0 N–H and O–H groups in total. The molecule has 32 valence electrons. The second-order valence-corrected chi connectivity index (χ2v) is 1.22. The van der Waals surface area contributed by atoms with Crippen molar-refractivity contribution >= 4 is 37.7 Å². The van der Waals surface area contributed by atoms with Gasteiger partial charge < -0.3 is 9.11 Å². The van der Waals surface area contributed by atoms with Crippen LogP contribution >= 0.6 is 0 Å². The van der Waals surface area contributed by atoms with Crippen LogP contribution in [0.15, 0.2) is 0 Å². The van der Waals surface area contributed by atoms with Crippen LogP contribution in [0.25, 0.3) is 0 Å². The molecule has 0 aromatic rings. The molecule has 0 aliphatic carbocycles. The Hall–Kier alpha value is 0.792. The molecule has 0 saturated heterocycles. The molecular formula is O4STl+. The Kier molecular flexibility index (Phi) is 4.77. The van der Waals surface area contributed by atoms with Crippen LogP contribution in [0.4, 0.5) is 0 Å². The zero-order valence-corrected chi connectivity index (χ0v) is 7.92. The van der Waals surface area contributed by atoms with Crippen molar-refractivity contribution in [1.29, 1.82) is 0 Å². The number of hydrogen-bond donors (Lipinski definition) is 0. The van der Waals surface area contributed by atoms with E-state index in [4.69, 9.17) is 17.5 Å². The normalized spacial score (nSPS) is 9.67. The third-order valence-corrected chi connectivity index (χ3v) is 0. The number of rotatable bonds is 0. The summed E-state index contributed by atoms with van der Waals surface area (Å²) in [4.78, 5) is 0. The fourth-order valence-electron chi connectivity index (χ4n) is 0. The van der Waals surface area contributed by atoms with Crippen molar-refractivity contribution in [2.24, 2.45) is 0 Å². The zero-order chi connectivity index (χ0) is 4.50. The third kappa shape index (κ3) is 110. The van der Waals surface area contributed by atoms with Crippen LogP contribution in [0.3, 0.4) is 0 Å². The van der Waals surface area contributed by atoms with E-state index < -0.39 is 10.4 Å². The van der Waals surface area contributed by atoms with Gasteiger partial charge in [-0.1, -0.05) is 0 Å². The summed E-state index contributed by atoms with van der Waals surface area (Å²) in [6.07, 6.45) is 0.